The normalized spacial score (nSPS) is 19.8. The molecule has 1 saturated carbocycles. The van der Waals surface area contributed by atoms with Crippen LogP contribution in [0.25, 0.3) is 0 Å². The lowest BCUT2D eigenvalue weighted by Gasteiger charge is -2.37. The minimum Gasteiger partial charge on any atom is -0.383 e. The number of nitrogens with one attached hydrogen (secondary N) is 2. The topological polar surface area (TPSA) is 36.5 Å². The van der Waals surface area contributed by atoms with Gasteiger partial charge in [0.25, 0.3) is 0 Å². The molecule has 4 nitrogen and oxygen atoms in total. The molecule has 1 fully saturated rings. The van der Waals surface area contributed by atoms with E-state index >= 15 is 0 Å². The van der Waals surface area contributed by atoms with Gasteiger partial charge in [0.2, 0.25) is 0 Å². The Balaban J connectivity index is 2.36. The SMILES string of the molecule is COCC(C)NC(=S)NCC1(N(C)C)CCCC1. The van der Waals surface area contributed by atoms with Crippen LogP contribution in [0.4, 0.5) is 0 Å². The van der Waals surface area contributed by atoms with E-state index in [1.54, 1.807) is 7.11 Å². The molecule has 0 aromatic carbocycles. The quantitative estimate of drug-likeness (QED) is 0.715. The molecule has 0 aromatic heterocycles. The number of likely N-dealkylation sites (N-methyl/N-ethyl adjacent to an activating group) is 1. The fraction of sp³-hybridized carbons (Fsp3) is 0.923. The third-order valence-electron chi connectivity index (χ3n) is 3.86. The predicted molar refractivity (Wildman–Crippen MR) is 80.0 cm³/mol. The summed E-state index contributed by atoms with van der Waals surface area (Å²) in [6.07, 6.45) is 5.15. The summed E-state index contributed by atoms with van der Waals surface area (Å²) in [4.78, 5) is 2.34. The molecule has 0 bridgehead atoms. The van der Waals surface area contributed by atoms with Gasteiger partial charge in [0, 0.05) is 25.2 Å². The van der Waals surface area contributed by atoms with Crippen molar-refractivity contribution in [2.45, 2.75) is 44.2 Å². The first-order chi connectivity index (χ1) is 8.50. The Bertz CT molecular complexity index is 265. The average molecular weight is 273 g/mol. The lowest BCUT2D eigenvalue weighted by molar-refractivity contribution is 0.160. The molecule has 1 aliphatic rings. The fourth-order valence-electron chi connectivity index (χ4n) is 2.63. The van der Waals surface area contributed by atoms with Crippen molar-refractivity contribution in [1.82, 2.24) is 15.5 Å². The molecule has 106 valence electrons. The molecule has 2 N–H and O–H groups in total. The number of hydrogen-bond acceptors (Lipinski definition) is 3. The predicted octanol–water partition coefficient (Wildman–Crippen LogP) is 1.36. The van der Waals surface area contributed by atoms with Crippen molar-refractivity contribution in [2.75, 3.05) is 34.4 Å². The van der Waals surface area contributed by atoms with Crippen molar-refractivity contribution < 1.29 is 4.74 Å². The number of thiocarbonyl (C=S) groups is 1. The smallest absolute Gasteiger partial charge is 0.166 e. The first kappa shape index (κ1) is 15.7. The maximum atomic E-state index is 5.32. The van der Waals surface area contributed by atoms with E-state index in [1.807, 2.05) is 0 Å². The summed E-state index contributed by atoms with van der Waals surface area (Å²) in [5.41, 5.74) is 0.274. The Kier molecular flexibility index (Phi) is 6.32. The minimum absolute atomic E-state index is 0.244. The Morgan fingerprint density at radius 2 is 2.00 bits per heavy atom. The van der Waals surface area contributed by atoms with Crippen LogP contribution in [0.2, 0.25) is 0 Å². The highest BCUT2D eigenvalue weighted by Gasteiger charge is 2.35. The van der Waals surface area contributed by atoms with Crippen molar-refractivity contribution in [3.8, 4) is 0 Å². The highest BCUT2D eigenvalue weighted by Crippen LogP contribution is 2.32. The summed E-state index contributed by atoms with van der Waals surface area (Å²) in [7, 11) is 6.03. The van der Waals surface area contributed by atoms with Crippen molar-refractivity contribution >= 4 is 17.3 Å². The molecule has 1 unspecified atom stereocenters. The first-order valence-electron chi connectivity index (χ1n) is 6.71. The molecule has 1 aliphatic carbocycles. The largest absolute Gasteiger partial charge is 0.383 e. The van der Waals surface area contributed by atoms with Gasteiger partial charge in [0.05, 0.1) is 6.61 Å². The highest BCUT2D eigenvalue weighted by atomic mass is 32.1. The van der Waals surface area contributed by atoms with Gasteiger partial charge in [0.15, 0.2) is 5.11 Å². The van der Waals surface area contributed by atoms with Crippen LogP contribution in [-0.4, -0.2) is 55.9 Å². The van der Waals surface area contributed by atoms with Gasteiger partial charge in [-0.2, -0.15) is 0 Å². The number of rotatable bonds is 6. The molecule has 0 amide bonds. The molecule has 0 saturated heterocycles. The van der Waals surface area contributed by atoms with Gasteiger partial charge in [-0.25, -0.2) is 0 Å². The van der Waals surface area contributed by atoms with Gasteiger partial charge in [-0.1, -0.05) is 12.8 Å². The van der Waals surface area contributed by atoms with Gasteiger partial charge in [-0.3, -0.25) is 0 Å². The second-order valence-electron chi connectivity index (χ2n) is 5.51. The van der Waals surface area contributed by atoms with E-state index in [9.17, 15) is 0 Å². The molecular formula is C13H27N3OS. The molecule has 0 spiro atoms. The maximum Gasteiger partial charge on any atom is 0.166 e. The second-order valence-corrected chi connectivity index (χ2v) is 5.92. The zero-order valence-corrected chi connectivity index (χ0v) is 12.9. The van der Waals surface area contributed by atoms with Crippen molar-refractivity contribution in [3.05, 3.63) is 0 Å². The maximum absolute atomic E-state index is 5.32. The fourth-order valence-corrected chi connectivity index (χ4v) is 2.90. The van der Waals surface area contributed by atoms with Crippen LogP contribution < -0.4 is 10.6 Å². The number of methoxy groups -OCH3 is 1. The molecule has 1 atom stereocenters. The monoisotopic (exact) mass is 273 g/mol. The van der Waals surface area contributed by atoms with Crippen LogP contribution in [0.15, 0.2) is 0 Å². The van der Waals surface area contributed by atoms with Gasteiger partial charge in [-0.05, 0) is 46.1 Å². The number of hydrogen-bond donors (Lipinski definition) is 2. The Morgan fingerprint density at radius 1 is 1.39 bits per heavy atom. The van der Waals surface area contributed by atoms with Crippen LogP contribution in [0, 0.1) is 0 Å². The van der Waals surface area contributed by atoms with E-state index in [-0.39, 0.29) is 11.6 Å². The van der Waals surface area contributed by atoms with Crippen LogP contribution in [0.1, 0.15) is 32.6 Å². The number of ether oxygens (including phenoxy) is 1. The van der Waals surface area contributed by atoms with Crippen molar-refractivity contribution in [2.24, 2.45) is 0 Å². The summed E-state index contributed by atoms with van der Waals surface area (Å²) >= 11 is 5.32. The Labute approximate surface area is 116 Å². The van der Waals surface area contributed by atoms with Gasteiger partial charge >= 0.3 is 0 Å². The molecule has 0 radical (unpaired) electrons. The highest BCUT2D eigenvalue weighted by molar-refractivity contribution is 7.80. The molecule has 0 aromatic rings. The average Bonchev–Trinajstić information content (AvgIpc) is 2.76. The van der Waals surface area contributed by atoms with E-state index in [0.29, 0.717) is 6.61 Å². The summed E-state index contributed by atoms with van der Waals surface area (Å²) in [6.45, 7) is 3.65. The first-order valence-corrected chi connectivity index (χ1v) is 7.12. The molecule has 1 rings (SSSR count). The van der Waals surface area contributed by atoms with E-state index in [4.69, 9.17) is 17.0 Å². The van der Waals surface area contributed by atoms with Crippen molar-refractivity contribution in [1.29, 1.82) is 0 Å². The second kappa shape index (κ2) is 7.26. The molecule has 0 heterocycles. The lowest BCUT2D eigenvalue weighted by atomic mass is 9.96. The van der Waals surface area contributed by atoms with Crippen molar-refractivity contribution in [3.63, 3.8) is 0 Å². The zero-order chi connectivity index (χ0) is 13.6. The summed E-state index contributed by atoms with van der Waals surface area (Å²) in [5.74, 6) is 0. The summed E-state index contributed by atoms with van der Waals surface area (Å²) in [5, 5.41) is 7.33. The molecular weight excluding hydrogens is 246 g/mol. The minimum atomic E-state index is 0.244. The summed E-state index contributed by atoms with van der Waals surface area (Å²) in [6, 6.07) is 0.244. The van der Waals surface area contributed by atoms with E-state index in [2.05, 4.69) is 36.6 Å². The molecule has 0 aliphatic heterocycles. The van der Waals surface area contributed by atoms with Crippen LogP contribution in [0.5, 0.6) is 0 Å². The zero-order valence-electron chi connectivity index (χ0n) is 12.1. The van der Waals surface area contributed by atoms with E-state index in [0.717, 1.165) is 11.7 Å². The molecule has 5 heteroatoms. The van der Waals surface area contributed by atoms with E-state index in [1.165, 1.54) is 25.7 Å². The van der Waals surface area contributed by atoms with Crippen LogP contribution >= 0.6 is 12.2 Å². The van der Waals surface area contributed by atoms with Gasteiger partial charge in [-0.15, -0.1) is 0 Å². The van der Waals surface area contributed by atoms with Gasteiger partial charge < -0.3 is 20.3 Å². The third-order valence-corrected chi connectivity index (χ3v) is 4.12. The van der Waals surface area contributed by atoms with Crippen LogP contribution in [-0.2, 0) is 4.74 Å². The Hall–Kier alpha value is -0.390. The summed E-state index contributed by atoms with van der Waals surface area (Å²) < 4.78 is 5.08. The standard InChI is InChI=1S/C13H27N3OS/c1-11(9-17-4)15-12(18)14-10-13(16(2)3)7-5-6-8-13/h11H,5-10H2,1-4H3,(H2,14,15,18). The lowest BCUT2D eigenvalue weighted by Crippen LogP contribution is -2.53. The van der Waals surface area contributed by atoms with E-state index < -0.39 is 0 Å². The third kappa shape index (κ3) is 4.37. The Morgan fingerprint density at radius 3 is 2.50 bits per heavy atom. The van der Waals surface area contributed by atoms with Gasteiger partial charge in [0.1, 0.15) is 0 Å². The molecule has 18 heavy (non-hydrogen) atoms. The van der Waals surface area contributed by atoms with Crippen LogP contribution in [0.3, 0.4) is 0 Å². The number of nitrogens with zero attached hydrogens (tertiary/aromatic N) is 1.